The normalized spacial score (nSPS) is 18.9. The summed E-state index contributed by atoms with van der Waals surface area (Å²) in [4.78, 5) is 35.3. The summed E-state index contributed by atoms with van der Waals surface area (Å²) in [7, 11) is 0. The molecule has 0 bridgehead atoms. The summed E-state index contributed by atoms with van der Waals surface area (Å²) in [5, 5.41) is 5.27. The molecule has 0 unspecified atom stereocenters. The lowest BCUT2D eigenvalue weighted by Gasteiger charge is -2.41. The van der Waals surface area contributed by atoms with Crippen molar-refractivity contribution >= 4 is 11.8 Å². The monoisotopic (exact) mass is 396 g/mol. The summed E-state index contributed by atoms with van der Waals surface area (Å²) in [6, 6.07) is 5.19. The fraction of sp³-hybridized carbons (Fsp3) is 0.500. The molecule has 29 heavy (non-hydrogen) atoms. The second-order valence-electron chi connectivity index (χ2n) is 8.53. The number of fused-ring (bicyclic) bond motifs is 2. The summed E-state index contributed by atoms with van der Waals surface area (Å²) in [5.41, 5.74) is 5.06. The van der Waals surface area contributed by atoms with Gasteiger partial charge in [-0.3, -0.25) is 9.59 Å². The average Bonchev–Trinajstić information content (AvgIpc) is 3.18. The number of rotatable bonds is 3. The van der Waals surface area contributed by atoms with Crippen LogP contribution in [-0.2, 0) is 16.8 Å². The van der Waals surface area contributed by atoms with Gasteiger partial charge in [-0.1, -0.05) is 17.2 Å². The highest BCUT2D eigenvalue weighted by atomic mass is 16.2. The number of quaternary nitrogens is 1. The van der Waals surface area contributed by atoms with E-state index in [2.05, 4.69) is 20.6 Å². The van der Waals surface area contributed by atoms with Crippen molar-refractivity contribution in [2.75, 3.05) is 19.6 Å². The first-order chi connectivity index (χ1) is 13.9. The van der Waals surface area contributed by atoms with Gasteiger partial charge in [0.2, 0.25) is 5.91 Å². The number of piperidine rings is 1. The summed E-state index contributed by atoms with van der Waals surface area (Å²) in [6.07, 6.45) is 4.57. The van der Waals surface area contributed by atoms with E-state index in [1.165, 1.54) is 5.69 Å². The van der Waals surface area contributed by atoms with E-state index in [0.29, 0.717) is 18.7 Å². The van der Waals surface area contributed by atoms with Crippen LogP contribution in [0.2, 0.25) is 0 Å². The number of benzene rings is 1. The van der Waals surface area contributed by atoms with Crippen LogP contribution in [0.15, 0.2) is 24.5 Å². The Bertz CT molecular complexity index is 907. The first-order valence-corrected chi connectivity index (χ1v) is 10.4. The number of aromatic amines is 1. The lowest BCUT2D eigenvalue weighted by atomic mass is 9.80. The molecule has 4 N–H and O–H groups in total. The van der Waals surface area contributed by atoms with Crippen LogP contribution in [0.5, 0.6) is 0 Å². The van der Waals surface area contributed by atoms with E-state index in [4.69, 9.17) is 0 Å². The van der Waals surface area contributed by atoms with Crippen molar-refractivity contribution in [3.63, 3.8) is 0 Å². The molecule has 0 saturated carbocycles. The van der Waals surface area contributed by atoms with Gasteiger partial charge < -0.3 is 20.5 Å². The number of likely N-dealkylation sites (tertiary alicyclic amines) is 1. The molecule has 1 atom stereocenters. The fourth-order valence-electron chi connectivity index (χ4n) is 4.82. The number of aromatic nitrogens is 2. The number of nitrogens with two attached hydrogens (primary N) is 1. The van der Waals surface area contributed by atoms with Gasteiger partial charge in [0.1, 0.15) is 17.3 Å². The summed E-state index contributed by atoms with van der Waals surface area (Å²) in [5.74, 6) is -0.219. The quantitative estimate of drug-likeness (QED) is 0.716. The lowest BCUT2D eigenvalue weighted by Crippen LogP contribution is -2.97. The Kier molecular flexibility index (Phi) is 5.17. The van der Waals surface area contributed by atoms with Crippen LogP contribution in [0.25, 0.3) is 0 Å². The molecule has 4 rings (SSSR count). The van der Waals surface area contributed by atoms with E-state index < -0.39 is 6.04 Å². The third-order valence-corrected chi connectivity index (χ3v) is 6.29. The van der Waals surface area contributed by atoms with Crippen molar-refractivity contribution < 1.29 is 14.9 Å². The van der Waals surface area contributed by atoms with E-state index in [0.717, 1.165) is 42.6 Å². The predicted octanol–water partition coefficient (Wildman–Crippen LogP) is 0.782. The molecular formula is C22H30N5O2+. The molecule has 7 heteroatoms. The largest absolute Gasteiger partial charge is 0.348 e. The minimum atomic E-state index is -0.548. The topological polar surface area (TPSA) is 94.7 Å². The first kappa shape index (κ1) is 19.6. The standard InChI is InChI=1S/C22H29N5O2/c1-14-10-15(2)12-17(11-14)20(28)26-16(3)21(29)27-8-5-22(6-9-27)19-18(4-7-25-22)23-13-24-19/h10-13,16,25H,4-9H2,1-3H3,(H,23,24)(H,26,28)/p+1/t16-/m0/s1. The Morgan fingerprint density at radius 3 is 2.59 bits per heavy atom. The van der Waals surface area contributed by atoms with Crippen LogP contribution in [0.3, 0.4) is 0 Å². The SMILES string of the molecule is Cc1cc(C)cc(C(=O)N[C@@H](C)C(=O)N2CCC3(CC2)[NH2+]CCc2[nH]cnc23)c1. The van der Waals surface area contributed by atoms with Gasteiger partial charge >= 0.3 is 0 Å². The maximum atomic E-state index is 12.9. The van der Waals surface area contributed by atoms with Crippen LogP contribution >= 0.6 is 0 Å². The zero-order valence-electron chi connectivity index (χ0n) is 17.4. The molecule has 2 amide bonds. The van der Waals surface area contributed by atoms with Gasteiger partial charge in [0.25, 0.3) is 5.91 Å². The van der Waals surface area contributed by atoms with Gasteiger partial charge in [-0.15, -0.1) is 0 Å². The van der Waals surface area contributed by atoms with Crippen molar-refractivity contribution in [1.29, 1.82) is 0 Å². The molecule has 0 radical (unpaired) electrons. The second kappa shape index (κ2) is 7.63. The maximum Gasteiger partial charge on any atom is 0.251 e. The molecule has 154 valence electrons. The molecule has 1 aromatic carbocycles. The zero-order valence-corrected chi connectivity index (χ0v) is 17.4. The number of aryl methyl sites for hydroxylation is 2. The molecule has 3 heterocycles. The summed E-state index contributed by atoms with van der Waals surface area (Å²) < 4.78 is 0. The molecule has 7 nitrogen and oxygen atoms in total. The Balaban J connectivity index is 1.38. The van der Waals surface area contributed by atoms with E-state index in [1.54, 1.807) is 13.3 Å². The van der Waals surface area contributed by atoms with Gasteiger partial charge in [0, 0.05) is 43.6 Å². The number of carbonyl (C=O) groups is 2. The number of hydrogen-bond acceptors (Lipinski definition) is 3. The molecular weight excluding hydrogens is 366 g/mol. The number of imidazole rings is 1. The van der Waals surface area contributed by atoms with Crippen molar-refractivity contribution in [3.05, 3.63) is 52.6 Å². The highest BCUT2D eigenvalue weighted by Gasteiger charge is 2.46. The molecule has 1 saturated heterocycles. The van der Waals surface area contributed by atoms with Crippen LogP contribution < -0.4 is 10.6 Å². The molecule has 2 aromatic rings. The molecule has 1 fully saturated rings. The number of hydrogen-bond donors (Lipinski definition) is 3. The van der Waals surface area contributed by atoms with Crippen molar-refractivity contribution in [2.24, 2.45) is 0 Å². The van der Waals surface area contributed by atoms with Crippen LogP contribution in [-0.4, -0.2) is 52.4 Å². The number of carbonyl (C=O) groups excluding carboxylic acids is 2. The van der Waals surface area contributed by atoms with E-state index in [9.17, 15) is 9.59 Å². The third-order valence-electron chi connectivity index (χ3n) is 6.29. The van der Waals surface area contributed by atoms with Crippen molar-refractivity contribution in [3.8, 4) is 0 Å². The Labute approximate surface area is 171 Å². The Morgan fingerprint density at radius 2 is 1.90 bits per heavy atom. The van der Waals surface area contributed by atoms with Gasteiger partial charge in [0.05, 0.1) is 12.9 Å². The lowest BCUT2D eigenvalue weighted by molar-refractivity contribution is -0.743. The van der Waals surface area contributed by atoms with Gasteiger partial charge in [0.15, 0.2) is 0 Å². The zero-order chi connectivity index (χ0) is 20.6. The van der Waals surface area contributed by atoms with E-state index in [-0.39, 0.29) is 17.4 Å². The van der Waals surface area contributed by atoms with E-state index >= 15 is 0 Å². The van der Waals surface area contributed by atoms with Gasteiger partial charge in [-0.05, 0) is 32.9 Å². The molecule has 2 aliphatic rings. The van der Waals surface area contributed by atoms with Crippen molar-refractivity contribution in [2.45, 2.75) is 51.6 Å². The van der Waals surface area contributed by atoms with E-state index in [1.807, 2.05) is 36.9 Å². The average molecular weight is 397 g/mol. The highest BCUT2D eigenvalue weighted by molar-refractivity contribution is 5.97. The molecule has 2 aliphatic heterocycles. The highest BCUT2D eigenvalue weighted by Crippen LogP contribution is 2.31. The predicted molar refractivity (Wildman–Crippen MR) is 109 cm³/mol. The Hall–Kier alpha value is -2.67. The number of H-pyrrole nitrogens is 1. The van der Waals surface area contributed by atoms with Gasteiger partial charge in [-0.25, -0.2) is 4.98 Å². The van der Waals surface area contributed by atoms with Gasteiger partial charge in [-0.2, -0.15) is 0 Å². The van der Waals surface area contributed by atoms with Crippen LogP contribution in [0.4, 0.5) is 0 Å². The third kappa shape index (κ3) is 3.79. The fourth-order valence-corrected chi connectivity index (χ4v) is 4.82. The molecule has 0 aliphatic carbocycles. The minimum Gasteiger partial charge on any atom is -0.348 e. The number of amides is 2. The van der Waals surface area contributed by atoms with Crippen molar-refractivity contribution in [1.82, 2.24) is 20.2 Å². The second-order valence-corrected chi connectivity index (χ2v) is 8.53. The maximum absolute atomic E-state index is 12.9. The minimum absolute atomic E-state index is 0.0179. The summed E-state index contributed by atoms with van der Waals surface area (Å²) >= 11 is 0. The Morgan fingerprint density at radius 1 is 1.21 bits per heavy atom. The molecule has 1 spiro atoms. The first-order valence-electron chi connectivity index (χ1n) is 10.4. The smallest absolute Gasteiger partial charge is 0.251 e. The number of nitrogens with zero attached hydrogens (tertiary/aromatic N) is 2. The number of nitrogens with one attached hydrogen (secondary N) is 2. The van der Waals surface area contributed by atoms with Crippen LogP contribution in [0.1, 0.15) is 52.6 Å². The molecule has 1 aromatic heterocycles. The van der Waals surface area contributed by atoms with Crippen LogP contribution in [0, 0.1) is 13.8 Å². The summed E-state index contributed by atoms with van der Waals surface area (Å²) in [6.45, 7) is 8.12.